The third-order valence-electron chi connectivity index (χ3n) is 6.68. The molecule has 0 aliphatic carbocycles. The van der Waals surface area contributed by atoms with Gasteiger partial charge in [-0.25, -0.2) is 4.68 Å². The smallest absolute Gasteiger partial charge is 0.249 e. The standard InChI is InChI=1S/C26H31N5O2/c32-26(24-12-6-17-33-24)29-25(22-10-3-4-13-27-22)21-9-5-15-30(19-21)18-20-8-1-2-11-23(20)31-16-7-14-28-31/h1-4,7-8,10-11,13-14,16,21,24-25H,5-6,9,12,15,17-19H2,(H,29,32)/t21-,24+,25-/m0/s1. The number of nitrogens with one attached hydrogen (secondary N) is 1. The second-order valence-electron chi connectivity index (χ2n) is 8.96. The van der Waals surface area contributed by atoms with Crippen LogP contribution < -0.4 is 5.32 Å². The van der Waals surface area contributed by atoms with Gasteiger partial charge in [0.2, 0.25) is 5.91 Å². The molecule has 7 heteroatoms. The average Bonchev–Trinajstić information content (AvgIpc) is 3.58. The van der Waals surface area contributed by atoms with Crippen molar-refractivity contribution in [3.63, 3.8) is 0 Å². The van der Waals surface area contributed by atoms with Crippen LogP contribution in [0.3, 0.4) is 0 Å². The molecule has 0 spiro atoms. The highest BCUT2D eigenvalue weighted by atomic mass is 16.5. The minimum Gasteiger partial charge on any atom is -0.368 e. The number of ether oxygens (including phenoxy) is 1. The Labute approximate surface area is 194 Å². The lowest BCUT2D eigenvalue weighted by Gasteiger charge is -2.37. The van der Waals surface area contributed by atoms with Crippen LogP contribution in [-0.2, 0) is 16.1 Å². The van der Waals surface area contributed by atoms with E-state index in [-0.39, 0.29) is 24.0 Å². The number of pyridine rings is 1. The summed E-state index contributed by atoms with van der Waals surface area (Å²) in [6.07, 6.45) is 9.15. The Morgan fingerprint density at radius 3 is 2.79 bits per heavy atom. The van der Waals surface area contributed by atoms with Gasteiger partial charge in [-0.3, -0.25) is 14.7 Å². The first kappa shape index (κ1) is 21.8. The zero-order valence-corrected chi connectivity index (χ0v) is 18.8. The number of likely N-dealkylation sites (tertiary alicyclic amines) is 1. The van der Waals surface area contributed by atoms with Crippen molar-refractivity contribution in [2.45, 2.75) is 44.4 Å². The second kappa shape index (κ2) is 10.3. The maximum Gasteiger partial charge on any atom is 0.249 e. The van der Waals surface area contributed by atoms with Crippen LogP contribution in [0.4, 0.5) is 0 Å². The summed E-state index contributed by atoms with van der Waals surface area (Å²) in [5.41, 5.74) is 3.28. The van der Waals surface area contributed by atoms with E-state index in [1.807, 2.05) is 47.5 Å². The van der Waals surface area contributed by atoms with Gasteiger partial charge in [0.15, 0.2) is 0 Å². The van der Waals surface area contributed by atoms with E-state index in [4.69, 9.17) is 4.74 Å². The number of piperidine rings is 1. The first-order valence-corrected chi connectivity index (χ1v) is 11.9. The Bertz CT molecular complexity index is 1030. The van der Waals surface area contributed by atoms with Gasteiger partial charge in [-0.15, -0.1) is 0 Å². The van der Waals surface area contributed by atoms with Crippen LogP contribution in [0.25, 0.3) is 5.69 Å². The predicted octanol–water partition coefficient (Wildman–Crippen LogP) is 3.52. The molecule has 2 aliphatic rings. The average molecular weight is 446 g/mol. The summed E-state index contributed by atoms with van der Waals surface area (Å²) < 4.78 is 7.56. The number of hydrogen-bond donors (Lipinski definition) is 1. The maximum atomic E-state index is 12.9. The van der Waals surface area contributed by atoms with Crippen molar-refractivity contribution < 1.29 is 9.53 Å². The molecule has 1 N–H and O–H groups in total. The van der Waals surface area contributed by atoms with Gasteiger partial charge < -0.3 is 10.1 Å². The molecule has 4 heterocycles. The van der Waals surface area contributed by atoms with Gasteiger partial charge in [-0.1, -0.05) is 24.3 Å². The number of para-hydroxylation sites is 1. The Hall–Kier alpha value is -3.03. The molecule has 2 saturated heterocycles. The molecule has 3 aromatic rings. The van der Waals surface area contributed by atoms with Crippen LogP contribution in [0.5, 0.6) is 0 Å². The van der Waals surface area contributed by atoms with Crippen LogP contribution in [0.1, 0.15) is 43.0 Å². The summed E-state index contributed by atoms with van der Waals surface area (Å²) in [5, 5.41) is 7.72. The van der Waals surface area contributed by atoms with E-state index in [9.17, 15) is 4.79 Å². The maximum absolute atomic E-state index is 12.9. The number of carbonyl (C=O) groups excluding carboxylic acids is 1. The molecule has 7 nitrogen and oxygen atoms in total. The molecule has 0 bridgehead atoms. The van der Waals surface area contributed by atoms with Gasteiger partial charge in [0, 0.05) is 38.3 Å². The molecule has 1 amide bonds. The molecule has 3 atom stereocenters. The predicted molar refractivity (Wildman–Crippen MR) is 126 cm³/mol. The van der Waals surface area contributed by atoms with E-state index >= 15 is 0 Å². The van der Waals surface area contributed by atoms with Crippen LogP contribution in [-0.4, -0.2) is 51.4 Å². The van der Waals surface area contributed by atoms with Gasteiger partial charge in [-0.2, -0.15) is 5.10 Å². The first-order valence-electron chi connectivity index (χ1n) is 11.9. The van der Waals surface area contributed by atoms with Crippen LogP contribution in [0.15, 0.2) is 67.1 Å². The summed E-state index contributed by atoms with van der Waals surface area (Å²) in [6, 6.07) is 16.2. The van der Waals surface area contributed by atoms with Crippen molar-refractivity contribution in [3.8, 4) is 5.69 Å². The molecule has 2 aliphatic heterocycles. The molecule has 5 rings (SSSR count). The summed E-state index contributed by atoms with van der Waals surface area (Å²) in [7, 11) is 0. The lowest BCUT2D eigenvalue weighted by Crippen LogP contribution is -2.45. The minimum atomic E-state index is -0.336. The lowest BCUT2D eigenvalue weighted by molar-refractivity contribution is -0.131. The Balaban J connectivity index is 1.33. The molecule has 2 fully saturated rings. The zero-order valence-electron chi connectivity index (χ0n) is 18.8. The van der Waals surface area contributed by atoms with E-state index in [1.165, 1.54) is 5.56 Å². The zero-order chi connectivity index (χ0) is 22.5. The fourth-order valence-electron chi connectivity index (χ4n) is 5.05. The number of benzene rings is 1. The highest BCUT2D eigenvalue weighted by Crippen LogP contribution is 2.31. The van der Waals surface area contributed by atoms with Crippen LogP contribution >= 0.6 is 0 Å². The third kappa shape index (κ3) is 5.15. The first-order chi connectivity index (χ1) is 16.3. The second-order valence-corrected chi connectivity index (χ2v) is 8.96. The van der Waals surface area contributed by atoms with Crippen molar-refractivity contribution in [2.24, 2.45) is 5.92 Å². The fraction of sp³-hybridized carbons (Fsp3) is 0.423. The minimum absolute atomic E-state index is 0.00990. The van der Waals surface area contributed by atoms with Crippen molar-refractivity contribution in [1.29, 1.82) is 0 Å². The van der Waals surface area contributed by atoms with Crippen LogP contribution in [0, 0.1) is 5.92 Å². The quantitative estimate of drug-likeness (QED) is 0.603. The van der Waals surface area contributed by atoms with Crippen LogP contribution in [0.2, 0.25) is 0 Å². The van der Waals surface area contributed by atoms with E-state index < -0.39 is 0 Å². The van der Waals surface area contributed by atoms with Gasteiger partial charge in [0.1, 0.15) is 6.10 Å². The Morgan fingerprint density at radius 2 is 2.00 bits per heavy atom. The third-order valence-corrected chi connectivity index (χ3v) is 6.68. The SMILES string of the molecule is O=C(N[C@H](c1ccccn1)[C@H]1CCCN(Cc2ccccc2-n2cccn2)C1)[C@H]1CCCO1. The van der Waals surface area contributed by atoms with E-state index in [2.05, 4.69) is 44.6 Å². The molecule has 0 unspecified atom stereocenters. The molecule has 33 heavy (non-hydrogen) atoms. The van der Waals surface area contributed by atoms with Crippen molar-refractivity contribution >= 4 is 5.91 Å². The number of rotatable bonds is 7. The van der Waals surface area contributed by atoms with Crippen molar-refractivity contribution in [3.05, 3.63) is 78.4 Å². The van der Waals surface area contributed by atoms with Gasteiger partial charge in [0.05, 0.1) is 17.4 Å². The van der Waals surface area contributed by atoms with E-state index in [1.54, 1.807) is 0 Å². The monoisotopic (exact) mass is 445 g/mol. The molecular formula is C26H31N5O2. The number of nitrogens with zero attached hydrogens (tertiary/aromatic N) is 4. The van der Waals surface area contributed by atoms with Crippen molar-refractivity contribution in [2.75, 3.05) is 19.7 Å². The summed E-state index contributed by atoms with van der Waals surface area (Å²) in [4.78, 5) is 20.0. The molecule has 172 valence electrons. The molecular weight excluding hydrogens is 414 g/mol. The molecule has 0 saturated carbocycles. The van der Waals surface area contributed by atoms with E-state index in [0.29, 0.717) is 6.61 Å². The Morgan fingerprint density at radius 1 is 1.09 bits per heavy atom. The number of amides is 1. The van der Waals surface area contributed by atoms with Crippen molar-refractivity contribution in [1.82, 2.24) is 25.0 Å². The largest absolute Gasteiger partial charge is 0.368 e. The molecule has 0 radical (unpaired) electrons. The highest BCUT2D eigenvalue weighted by Gasteiger charge is 2.33. The van der Waals surface area contributed by atoms with E-state index in [0.717, 1.165) is 56.7 Å². The lowest BCUT2D eigenvalue weighted by atomic mass is 9.88. The summed E-state index contributed by atoms with van der Waals surface area (Å²) in [6.45, 7) is 3.46. The van der Waals surface area contributed by atoms with Gasteiger partial charge >= 0.3 is 0 Å². The van der Waals surface area contributed by atoms with Gasteiger partial charge in [0.25, 0.3) is 0 Å². The normalized spacial score (nSPS) is 22.2. The molecule has 2 aromatic heterocycles. The topological polar surface area (TPSA) is 72.3 Å². The number of carbonyl (C=O) groups is 1. The van der Waals surface area contributed by atoms with Gasteiger partial charge in [-0.05, 0) is 68.0 Å². The number of hydrogen-bond acceptors (Lipinski definition) is 5. The fourth-order valence-corrected chi connectivity index (χ4v) is 5.05. The summed E-state index contributed by atoms with van der Waals surface area (Å²) >= 11 is 0. The Kier molecular flexibility index (Phi) is 6.79. The highest BCUT2D eigenvalue weighted by molar-refractivity contribution is 5.81. The summed E-state index contributed by atoms with van der Waals surface area (Å²) in [5.74, 6) is 0.278. The number of aromatic nitrogens is 3. The molecule has 1 aromatic carbocycles.